The number of ether oxygens (including phenoxy) is 4. The molecule has 0 radical (unpaired) electrons. The molecule has 0 unspecified atom stereocenters. The lowest BCUT2D eigenvalue weighted by atomic mass is 9.82. The van der Waals surface area contributed by atoms with E-state index in [1.54, 1.807) is 7.11 Å². The average Bonchev–Trinajstić information content (AvgIpc) is 3.04. The second kappa shape index (κ2) is 15.0. The maximum absolute atomic E-state index is 13.0. The van der Waals surface area contributed by atoms with Gasteiger partial charge >= 0.3 is 0 Å². The number of methoxy groups -OCH3 is 1. The van der Waals surface area contributed by atoms with Crippen molar-refractivity contribution in [2.45, 2.75) is 83.6 Å². The number of aromatic nitrogens is 1. The highest BCUT2D eigenvalue weighted by atomic mass is 16.5. The summed E-state index contributed by atoms with van der Waals surface area (Å²) in [4.78, 5) is 19.6. The minimum Gasteiger partial charge on any atom is -0.479 e. The lowest BCUT2D eigenvalue weighted by Crippen LogP contribution is -2.48. The van der Waals surface area contributed by atoms with Crippen LogP contribution in [0.15, 0.2) is 42.7 Å². The van der Waals surface area contributed by atoms with E-state index in [1.807, 2.05) is 24.5 Å². The first-order chi connectivity index (χ1) is 21.3. The number of pyridine rings is 1. The normalized spacial score (nSPS) is 24.4. The van der Waals surface area contributed by atoms with Crippen LogP contribution in [0.4, 0.5) is 5.69 Å². The molecule has 9 nitrogen and oxygen atoms in total. The van der Waals surface area contributed by atoms with Crippen LogP contribution in [0.1, 0.15) is 70.4 Å². The Morgan fingerprint density at radius 3 is 2.68 bits per heavy atom. The number of rotatable bonds is 13. The minimum atomic E-state index is -0.467. The highest BCUT2D eigenvalue weighted by Gasteiger charge is 2.38. The fraction of sp³-hybridized carbons (Fsp3) is 0.657. The average molecular weight is 609 g/mol. The quantitative estimate of drug-likeness (QED) is 0.313. The van der Waals surface area contributed by atoms with Crippen LogP contribution in [0.25, 0.3) is 0 Å². The molecular weight excluding hydrogens is 556 g/mol. The molecule has 0 aliphatic carbocycles. The smallest absolute Gasteiger partial charge is 0.225 e. The zero-order chi connectivity index (χ0) is 31.0. The molecule has 9 heteroatoms. The SMILES string of the molecule is COCCCN1C[C@](C)(c2ccncc2)Oc2ccc(CO[C@@H]3CC[C@@H](CC(C)(C)C(=O)NCC4CCOCC4)NC3)cc21. The van der Waals surface area contributed by atoms with E-state index >= 15 is 0 Å². The summed E-state index contributed by atoms with van der Waals surface area (Å²) in [5.41, 5.74) is 2.48. The second-order valence-corrected chi connectivity index (χ2v) is 13.6. The maximum Gasteiger partial charge on any atom is 0.225 e. The Labute approximate surface area is 263 Å². The van der Waals surface area contributed by atoms with Gasteiger partial charge in [0.25, 0.3) is 0 Å². The molecule has 3 aliphatic heterocycles. The zero-order valence-electron chi connectivity index (χ0n) is 27.1. The van der Waals surface area contributed by atoms with E-state index in [2.05, 4.69) is 59.5 Å². The third kappa shape index (κ3) is 8.50. The van der Waals surface area contributed by atoms with Crippen molar-refractivity contribution in [2.24, 2.45) is 11.3 Å². The fourth-order valence-corrected chi connectivity index (χ4v) is 6.72. The zero-order valence-corrected chi connectivity index (χ0v) is 27.1. The topological polar surface area (TPSA) is 94.2 Å². The van der Waals surface area contributed by atoms with E-state index in [1.165, 1.54) is 0 Å². The summed E-state index contributed by atoms with van der Waals surface area (Å²) >= 11 is 0. The molecule has 2 aromatic rings. The maximum atomic E-state index is 13.0. The van der Waals surface area contributed by atoms with E-state index in [9.17, 15) is 4.79 Å². The minimum absolute atomic E-state index is 0.150. The molecule has 2 saturated heterocycles. The van der Waals surface area contributed by atoms with Gasteiger partial charge in [-0.05, 0) is 86.8 Å². The predicted octanol–water partition coefficient (Wildman–Crippen LogP) is 4.83. The summed E-state index contributed by atoms with van der Waals surface area (Å²) in [6.45, 7) is 12.3. The summed E-state index contributed by atoms with van der Waals surface area (Å²) < 4.78 is 23.8. The Morgan fingerprint density at radius 1 is 1.16 bits per heavy atom. The Morgan fingerprint density at radius 2 is 1.95 bits per heavy atom. The van der Waals surface area contributed by atoms with Gasteiger partial charge in [-0.1, -0.05) is 19.9 Å². The number of hydrogen-bond donors (Lipinski definition) is 2. The number of benzene rings is 1. The van der Waals surface area contributed by atoms with Gasteiger partial charge in [-0.2, -0.15) is 0 Å². The van der Waals surface area contributed by atoms with Crippen LogP contribution in [0.5, 0.6) is 5.75 Å². The van der Waals surface area contributed by atoms with Gasteiger partial charge in [-0.3, -0.25) is 9.78 Å². The van der Waals surface area contributed by atoms with E-state index < -0.39 is 11.0 Å². The lowest BCUT2D eigenvalue weighted by molar-refractivity contribution is -0.130. The highest BCUT2D eigenvalue weighted by Crippen LogP contribution is 2.42. The molecule has 0 bridgehead atoms. The number of amides is 1. The molecule has 242 valence electrons. The molecule has 1 amide bonds. The number of nitrogens with one attached hydrogen (secondary N) is 2. The molecule has 2 fully saturated rings. The van der Waals surface area contributed by atoms with Crippen LogP contribution in [-0.2, 0) is 31.2 Å². The molecule has 4 heterocycles. The summed E-state index contributed by atoms with van der Waals surface area (Å²) in [5, 5.41) is 6.88. The first-order valence-electron chi connectivity index (χ1n) is 16.4. The van der Waals surface area contributed by atoms with Crippen molar-refractivity contribution in [2.75, 3.05) is 58.0 Å². The standard InChI is InChI=1S/C35H52N4O5/c1-34(2,33(40)38-22-26-12-18-42-19-13-26)21-29-7-8-30(23-37-29)43-24-27-6-9-32-31(20-27)39(16-5-17-41-4)25-35(3,44-32)28-10-14-36-15-11-28/h6,9-11,14-15,20,26,29-30,37H,5,7-8,12-13,16-19,21-25H2,1-4H3,(H,38,40)/t29-,30+,35+/m0/s1. The third-order valence-electron chi connectivity index (χ3n) is 9.48. The fourth-order valence-electron chi connectivity index (χ4n) is 6.72. The molecule has 0 saturated carbocycles. The van der Waals surface area contributed by atoms with E-state index in [4.69, 9.17) is 18.9 Å². The van der Waals surface area contributed by atoms with Crippen LogP contribution in [0.2, 0.25) is 0 Å². The van der Waals surface area contributed by atoms with Crippen molar-refractivity contribution < 1.29 is 23.7 Å². The number of hydrogen-bond acceptors (Lipinski definition) is 8. The van der Waals surface area contributed by atoms with Gasteiger partial charge in [0.05, 0.1) is 24.9 Å². The Balaban J connectivity index is 1.12. The number of nitrogens with zero attached hydrogens (tertiary/aromatic N) is 2. The largest absolute Gasteiger partial charge is 0.479 e. The predicted molar refractivity (Wildman–Crippen MR) is 172 cm³/mol. The van der Waals surface area contributed by atoms with E-state index in [-0.39, 0.29) is 12.0 Å². The Kier molecular flexibility index (Phi) is 11.2. The van der Waals surface area contributed by atoms with Crippen molar-refractivity contribution >= 4 is 11.6 Å². The van der Waals surface area contributed by atoms with Crippen LogP contribution in [-0.4, -0.2) is 76.1 Å². The Hall–Kier alpha value is -2.72. The monoisotopic (exact) mass is 608 g/mol. The number of piperidine rings is 1. The van der Waals surface area contributed by atoms with Crippen molar-refractivity contribution in [3.8, 4) is 5.75 Å². The third-order valence-corrected chi connectivity index (χ3v) is 9.48. The van der Waals surface area contributed by atoms with Crippen molar-refractivity contribution in [1.82, 2.24) is 15.6 Å². The molecule has 1 aromatic carbocycles. The van der Waals surface area contributed by atoms with Crippen molar-refractivity contribution in [3.05, 3.63) is 53.9 Å². The van der Waals surface area contributed by atoms with Crippen LogP contribution < -0.4 is 20.3 Å². The van der Waals surface area contributed by atoms with Crippen LogP contribution >= 0.6 is 0 Å². The molecule has 44 heavy (non-hydrogen) atoms. The number of fused-ring (bicyclic) bond motifs is 1. The Bertz CT molecular complexity index is 1200. The van der Waals surface area contributed by atoms with Gasteiger partial charge in [0.1, 0.15) is 11.4 Å². The first kappa shape index (κ1) is 32.7. The number of carbonyl (C=O) groups excluding carboxylic acids is 1. The van der Waals surface area contributed by atoms with Gasteiger partial charge in [0.2, 0.25) is 5.91 Å². The van der Waals surface area contributed by atoms with Gasteiger partial charge in [-0.25, -0.2) is 0 Å². The summed E-state index contributed by atoms with van der Waals surface area (Å²) in [7, 11) is 1.75. The summed E-state index contributed by atoms with van der Waals surface area (Å²) in [5.74, 6) is 1.57. The molecule has 0 spiro atoms. The highest BCUT2D eigenvalue weighted by molar-refractivity contribution is 5.81. The second-order valence-electron chi connectivity index (χ2n) is 13.6. The summed E-state index contributed by atoms with van der Waals surface area (Å²) in [6.07, 6.45) is 9.60. The van der Waals surface area contributed by atoms with Gasteiger partial charge in [0, 0.05) is 70.4 Å². The van der Waals surface area contributed by atoms with Gasteiger partial charge < -0.3 is 34.5 Å². The molecule has 3 aliphatic rings. The lowest BCUT2D eigenvalue weighted by Gasteiger charge is -2.43. The van der Waals surface area contributed by atoms with E-state index in [0.717, 1.165) is 107 Å². The van der Waals surface area contributed by atoms with Crippen molar-refractivity contribution in [1.29, 1.82) is 0 Å². The van der Waals surface area contributed by atoms with Crippen molar-refractivity contribution in [3.63, 3.8) is 0 Å². The molecule has 2 N–H and O–H groups in total. The molecular formula is C35H52N4O5. The van der Waals surface area contributed by atoms with E-state index in [0.29, 0.717) is 18.6 Å². The van der Waals surface area contributed by atoms with Gasteiger partial charge in [-0.15, -0.1) is 0 Å². The number of anilines is 1. The summed E-state index contributed by atoms with van der Waals surface area (Å²) in [6, 6.07) is 10.8. The van der Waals surface area contributed by atoms with Gasteiger partial charge in [0.15, 0.2) is 0 Å². The van der Waals surface area contributed by atoms with Crippen LogP contribution in [0, 0.1) is 11.3 Å². The molecule has 5 rings (SSSR count). The van der Waals surface area contributed by atoms with Crippen LogP contribution in [0.3, 0.4) is 0 Å². The molecule has 3 atom stereocenters. The molecule has 1 aromatic heterocycles. The number of carbonyl (C=O) groups is 1. The first-order valence-corrected chi connectivity index (χ1v) is 16.4.